The number of nitro benzene ring substituents is 1. The van der Waals surface area contributed by atoms with E-state index in [-0.39, 0.29) is 24.8 Å². The highest BCUT2D eigenvalue weighted by Crippen LogP contribution is 2.27. The predicted octanol–water partition coefficient (Wildman–Crippen LogP) is 3.22. The molecule has 1 amide bonds. The number of amides is 1. The molecule has 0 aliphatic heterocycles. The molecule has 10 heteroatoms. The largest absolute Gasteiger partial charge is 0.493 e. The Morgan fingerprint density at radius 3 is 2.47 bits per heavy atom. The van der Waals surface area contributed by atoms with Gasteiger partial charge in [0.15, 0.2) is 11.5 Å². The van der Waals surface area contributed by atoms with E-state index in [1.54, 1.807) is 30.3 Å². The third kappa shape index (κ3) is 6.26. The molecule has 0 unspecified atom stereocenters. The summed E-state index contributed by atoms with van der Waals surface area (Å²) in [7, 11) is 1.52. The van der Waals surface area contributed by atoms with E-state index in [1.165, 1.54) is 50.0 Å². The van der Waals surface area contributed by atoms with Crippen LogP contribution in [0.1, 0.15) is 15.9 Å². The highest BCUT2D eigenvalue weighted by molar-refractivity contribution is 5.94. The van der Waals surface area contributed by atoms with Crippen molar-refractivity contribution in [1.29, 1.82) is 0 Å². The lowest BCUT2D eigenvalue weighted by Gasteiger charge is -2.12. The molecule has 0 aliphatic rings. The number of carbonyl (C=O) groups excluding carboxylic acids is 1. The number of carbonyl (C=O) groups is 1. The van der Waals surface area contributed by atoms with E-state index < -0.39 is 4.92 Å². The number of pyridine rings is 1. The van der Waals surface area contributed by atoms with Crippen molar-refractivity contribution in [2.75, 3.05) is 20.3 Å². The van der Waals surface area contributed by atoms with Crippen molar-refractivity contribution >= 4 is 17.8 Å². The smallest absolute Gasteiger partial charge is 0.271 e. The van der Waals surface area contributed by atoms with Crippen molar-refractivity contribution in [2.24, 2.45) is 5.10 Å². The zero-order valence-corrected chi connectivity index (χ0v) is 17.1. The molecule has 10 nitrogen and oxygen atoms in total. The van der Waals surface area contributed by atoms with Crippen LogP contribution in [0.3, 0.4) is 0 Å². The summed E-state index contributed by atoms with van der Waals surface area (Å²) in [6.45, 7) is 0.480. The van der Waals surface area contributed by atoms with Gasteiger partial charge in [0.1, 0.15) is 19.0 Å². The molecule has 32 heavy (non-hydrogen) atoms. The van der Waals surface area contributed by atoms with Gasteiger partial charge in [-0.1, -0.05) is 0 Å². The molecule has 0 spiro atoms. The zero-order chi connectivity index (χ0) is 22.8. The molecule has 1 heterocycles. The van der Waals surface area contributed by atoms with Crippen molar-refractivity contribution in [3.8, 4) is 17.2 Å². The highest BCUT2D eigenvalue weighted by Gasteiger charge is 2.07. The minimum Gasteiger partial charge on any atom is -0.493 e. The van der Waals surface area contributed by atoms with Gasteiger partial charge in [-0.25, -0.2) is 5.43 Å². The first kappa shape index (κ1) is 22.2. The number of hydrogen-bond acceptors (Lipinski definition) is 8. The van der Waals surface area contributed by atoms with Crippen LogP contribution in [0, 0.1) is 10.1 Å². The fourth-order valence-corrected chi connectivity index (χ4v) is 2.59. The van der Waals surface area contributed by atoms with E-state index in [0.29, 0.717) is 28.4 Å². The van der Waals surface area contributed by atoms with Crippen LogP contribution in [-0.2, 0) is 0 Å². The third-order valence-electron chi connectivity index (χ3n) is 4.17. The number of nitrogens with one attached hydrogen (secondary N) is 1. The fourth-order valence-electron chi connectivity index (χ4n) is 2.59. The SMILES string of the molecule is COc1cc(/C=N/NC(=O)c2ccncc2)ccc1OCCOc1ccc([N+](=O)[O-])cc1. The summed E-state index contributed by atoms with van der Waals surface area (Å²) in [5, 5.41) is 14.6. The second kappa shape index (κ2) is 11.1. The van der Waals surface area contributed by atoms with Crippen molar-refractivity contribution in [3.05, 3.63) is 88.2 Å². The van der Waals surface area contributed by atoms with Crippen molar-refractivity contribution in [1.82, 2.24) is 10.4 Å². The maximum absolute atomic E-state index is 12.0. The summed E-state index contributed by atoms with van der Waals surface area (Å²) in [5.41, 5.74) is 3.60. The fraction of sp³-hybridized carbons (Fsp3) is 0.136. The lowest BCUT2D eigenvalue weighted by atomic mass is 10.2. The lowest BCUT2D eigenvalue weighted by molar-refractivity contribution is -0.384. The first-order chi connectivity index (χ1) is 15.6. The molecule has 0 aliphatic carbocycles. The van der Waals surface area contributed by atoms with Gasteiger partial charge in [0.2, 0.25) is 0 Å². The van der Waals surface area contributed by atoms with E-state index in [1.807, 2.05) is 0 Å². The Morgan fingerprint density at radius 2 is 1.78 bits per heavy atom. The van der Waals surface area contributed by atoms with E-state index in [9.17, 15) is 14.9 Å². The number of methoxy groups -OCH3 is 1. The summed E-state index contributed by atoms with van der Waals surface area (Å²) in [6, 6.07) is 14.2. The molecule has 0 bridgehead atoms. The molecule has 0 radical (unpaired) electrons. The van der Waals surface area contributed by atoms with Crippen LogP contribution in [-0.4, -0.2) is 42.4 Å². The average Bonchev–Trinajstić information content (AvgIpc) is 2.83. The van der Waals surface area contributed by atoms with Crippen LogP contribution in [0.4, 0.5) is 5.69 Å². The van der Waals surface area contributed by atoms with E-state index in [0.717, 1.165) is 0 Å². The number of hydrazone groups is 1. The van der Waals surface area contributed by atoms with Gasteiger partial charge in [0.05, 0.1) is 18.2 Å². The number of ether oxygens (including phenoxy) is 3. The lowest BCUT2D eigenvalue weighted by Crippen LogP contribution is -2.17. The molecular formula is C22H20N4O6. The minimum absolute atomic E-state index is 0.00102. The molecule has 0 saturated carbocycles. The third-order valence-corrected chi connectivity index (χ3v) is 4.17. The number of benzene rings is 2. The Hall–Kier alpha value is -4.47. The number of hydrogen-bond donors (Lipinski definition) is 1. The first-order valence-electron chi connectivity index (χ1n) is 9.48. The first-order valence-corrected chi connectivity index (χ1v) is 9.48. The topological polar surface area (TPSA) is 125 Å². The molecule has 0 atom stereocenters. The molecule has 1 N–H and O–H groups in total. The molecule has 2 aromatic carbocycles. The van der Waals surface area contributed by atoms with Gasteiger partial charge < -0.3 is 14.2 Å². The van der Waals surface area contributed by atoms with Gasteiger partial charge in [-0.3, -0.25) is 19.9 Å². The Labute approximate surface area is 183 Å². The van der Waals surface area contributed by atoms with Crippen molar-refractivity contribution < 1.29 is 23.9 Å². The Kier molecular flexibility index (Phi) is 7.68. The number of nitrogens with zero attached hydrogens (tertiary/aromatic N) is 3. The monoisotopic (exact) mass is 436 g/mol. The summed E-state index contributed by atoms with van der Waals surface area (Å²) in [4.78, 5) is 26.0. The van der Waals surface area contributed by atoms with Crippen LogP contribution in [0.15, 0.2) is 72.1 Å². The van der Waals surface area contributed by atoms with Gasteiger partial charge in [-0.05, 0) is 48.0 Å². The van der Waals surface area contributed by atoms with Crippen LogP contribution in [0.25, 0.3) is 0 Å². The van der Waals surface area contributed by atoms with Crippen LogP contribution < -0.4 is 19.6 Å². The molecule has 3 aromatic rings. The maximum Gasteiger partial charge on any atom is 0.271 e. The number of nitro groups is 1. The van der Waals surface area contributed by atoms with Crippen LogP contribution in [0.2, 0.25) is 0 Å². The summed E-state index contributed by atoms with van der Waals surface area (Å²) in [5.74, 6) is 1.16. The Morgan fingerprint density at radius 1 is 1.06 bits per heavy atom. The normalized spacial score (nSPS) is 10.5. The molecule has 1 aromatic heterocycles. The quantitative estimate of drug-likeness (QED) is 0.224. The number of non-ortho nitro benzene ring substituents is 1. The molecule has 0 fully saturated rings. The summed E-state index contributed by atoms with van der Waals surface area (Å²) in [6.07, 6.45) is 4.54. The molecule has 3 rings (SSSR count). The molecule has 0 saturated heterocycles. The van der Waals surface area contributed by atoms with E-state index in [4.69, 9.17) is 14.2 Å². The minimum atomic E-state index is -0.470. The average molecular weight is 436 g/mol. The van der Waals surface area contributed by atoms with Crippen LogP contribution in [0.5, 0.6) is 17.2 Å². The van der Waals surface area contributed by atoms with Gasteiger partial charge in [-0.15, -0.1) is 0 Å². The summed E-state index contributed by atoms with van der Waals surface area (Å²) >= 11 is 0. The Balaban J connectivity index is 1.50. The zero-order valence-electron chi connectivity index (χ0n) is 17.1. The number of aromatic nitrogens is 1. The van der Waals surface area contributed by atoms with E-state index >= 15 is 0 Å². The molecular weight excluding hydrogens is 416 g/mol. The van der Waals surface area contributed by atoms with E-state index in [2.05, 4.69) is 15.5 Å². The predicted molar refractivity (Wildman–Crippen MR) is 116 cm³/mol. The number of rotatable bonds is 10. The van der Waals surface area contributed by atoms with Gasteiger partial charge >= 0.3 is 0 Å². The maximum atomic E-state index is 12.0. The molecule has 164 valence electrons. The Bertz CT molecular complexity index is 1090. The van der Waals surface area contributed by atoms with Crippen molar-refractivity contribution in [3.63, 3.8) is 0 Å². The highest BCUT2D eigenvalue weighted by atomic mass is 16.6. The van der Waals surface area contributed by atoms with Gasteiger partial charge in [0.25, 0.3) is 11.6 Å². The second-order valence-corrected chi connectivity index (χ2v) is 6.29. The standard InChI is InChI=1S/C22H20N4O6/c1-30-21-14-16(15-24-25-22(27)17-8-10-23-11-9-17)2-7-20(21)32-13-12-31-19-5-3-18(4-6-19)26(28)29/h2-11,14-15H,12-13H2,1H3,(H,25,27)/b24-15+. The second-order valence-electron chi connectivity index (χ2n) is 6.29. The van der Waals surface area contributed by atoms with Gasteiger partial charge in [0, 0.05) is 30.1 Å². The summed E-state index contributed by atoms with van der Waals surface area (Å²) < 4.78 is 16.6. The van der Waals surface area contributed by atoms with Crippen LogP contribution >= 0.6 is 0 Å². The van der Waals surface area contributed by atoms with Gasteiger partial charge in [-0.2, -0.15) is 5.10 Å². The van der Waals surface area contributed by atoms with Crippen molar-refractivity contribution in [2.45, 2.75) is 0 Å².